The molecule has 3 aromatic rings. The Morgan fingerprint density at radius 3 is 2.85 bits per heavy atom. The van der Waals surface area contributed by atoms with Gasteiger partial charge in [0, 0.05) is 31.0 Å². The van der Waals surface area contributed by atoms with Crippen molar-refractivity contribution in [3.8, 4) is 5.69 Å². The minimum Gasteiger partial charge on any atom is -0.304 e. The van der Waals surface area contributed by atoms with Crippen LogP contribution in [0.3, 0.4) is 0 Å². The van der Waals surface area contributed by atoms with Gasteiger partial charge >= 0.3 is 0 Å². The minimum absolute atomic E-state index is 0.281. The highest BCUT2D eigenvalue weighted by Gasteiger charge is 2.09. The molecule has 0 aliphatic carbocycles. The summed E-state index contributed by atoms with van der Waals surface area (Å²) < 4.78 is 1.65. The summed E-state index contributed by atoms with van der Waals surface area (Å²) in [7, 11) is 0. The Kier molecular flexibility index (Phi) is 3.15. The third-order valence-corrected chi connectivity index (χ3v) is 2.55. The quantitative estimate of drug-likeness (QED) is 0.772. The number of anilines is 1. The van der Waals surface area contributed by atoms with Crippen LogP contribution in [0, 0.1) is 0 Å². The summed E-state index contributed by atoms with van der Waals surface area (Å²) in [5.41, 5.74) is 1.04. The van der Waals surface area contributed by atoms with E-state index in [0.717, 1.165) is 5.69 Å². The fourth-order valence-corrected chi connectivity index (χ4v) is 1.65. The zero-order valence-corrected chi connectivity index (χ0v) is 10.3. The van der Waals surface area contributed by atoms with Gasteiger partial charge in [0.1, 0.15) is 5.69 Å². The van der Waals surface area contributed by atoms with Crippen molar-refractivity contribution in [1.82, 2.24) is 24.7 Å². The Labute approximate surface area is 114 Å². The first kappa shape index (κ1) is 12.0. The lowest BCUT2D eigenvalue weighted by atomic mass is 10.3. The zero-order valence-electron chi connectivity index (χ0n) is 10.3. The van der Waals surface area contributed by atoms with Crippen LogP contribution in [0.25, 0.3) is 5.69 Å². The molecule has 3 heterocycles. The van der Waals surface area contributed by atoms with Crippen LogP contribution in [0.2, 0.25) is 0 Å². The lowest BCUT2D eigenvalue weighted by Gasteiger charge is -2.05. The fourth-order valence-electron chi connectivity index (χ4n) is 1.65. The van der Waals surface area contributed by atoms with Gasteiger partial charge in [0.25, 0.3) is 5.91 Å². The minimum atomic E-state index is -0.348. The van der Waals surface area contributed by atoms with Crippen LogP contribution in [-0.4, -0.2) is 30.6 Å². The van der Waals surface area contributed by atoms with Gasteiger partial charge < -0.3 is 5.32 Å². The summed E-state index contributed by atoms with van der Waals surface area (Å²) in [6.45, 7) is 0. The first-order valence-corrected chi connectivity index (χ1v) is 5.86. The van der Waals surface area contributed by atoms with Crippen LogP contribution in [0.15, 0.2) is 55.4 Å². The highest BCUT2D eigenvalue weighted by atomic mass is 16.1. The summed E-state index contributed by atoms with van der Waals surface area (Å²) in [5, 5.41) is 6.73. The summed E-state index contributed by atoms with van der Waals surface area (Å²) in [5.74, 6) is 0.0308. The molecule has 1 N–H and O–H groups in total. The molecular formula is C13H10N6O. The van der Waals surface area contributed by atoms with Gasteiger partial charge in [0.15, 0.2) is 5.82 Å². The highest BCUT2D eigenvalue weighted by molar-refractivity contribution is 6.02. The zero-order chi connectivity index (χ0) is 13.8. The van der Waals surface area contributed by atoms with Crippen molar-refractivity contribution in [3.63, 3.8) is 0 Å². The average molecular weight is 266 g/mol. The lowest BCUT2D eigenvalue weighted by Crippen LogP contribution is -2.15. The monoisotopic (exact) mass is 266 g/mol. The SMILES string of the molecule is O=C(Nc1cnccn1)c1cc(-n2cccn2)ccn1. The molecule has 1 amide bonds. The molecule has 0 aliphatic heterocycles. The molecule has 98 valence electrons. The van der Waals surface area contributed by atoms with Crippen LogP contribution in [0.1, 0.15) is 10.5 Å². The van der Waals surface area contributed by atoms with E-state index in [1.54, 1.807) is 41.5 Å². The van der Waals surface area contributed by atoms with E-state index in [9.17, 15) is 4.79 Å². The molecule has 0 radical (unpaired) electrons. The normalized spacial score (nSPS) is 10.2. The van der Waals surface area contributed by atoms with Gasteiger partial charge in [-0.3, -0.25) is 14.8 Å². The Hall–Kier alpha value is -3.09. The van der Waals surface area contributed by atoms with E-state index in [4.69, 9.17) is 0 Å². The maximum absolute atomic E-state index is 12.1. The number of carbonyl (C=O) groups excluding carboxylic acids is 1. The van der Waals surface area contributed by atoms with Crippen molar-refractivity contribution in [2.75, 3.05) is 5.32 Å². The van der Waals surface area contributed by atoms with Gasteiger partial charge in [-0.2, -0.15) is 5.10 Å². The molecule has 0 atom stereocenters. The Morgan fingerprint density at radius 2 is 2.10 bits per heavy atom. The van der Waals surface area contributed by atoms with Crippen molar-refractivity contribution in [3.05, 3.63) is 61.1 Å². The number of nitrogens with zero attached hydrogens (tertiary/aromatic N) is 5. The van der Waals surface area contributed by atoms with E-state index in [0.29, 0.717) is 5.82 Å². The van der Waals surface area contributed by atoms with Gasteiger partial charge in [0.2, 0.25) is 0 Å². The second kappa shape index (κ2) is 5.27. The molecule has 7 heteroatoms. The summed E-state index contributed by atoms with van der Waals surface area (Å²) in [6, 6.07) is 5.23. The summed E-state index contributed by atoms with van der Waals surface area (Å²) >= 11 is 0. The van der Waals surface area contributed by atoms with Crippen LogP contribution >= 0.6 is 0 Å². The number of rotatable bonds is 3. The van der Waals surface area contributed by atoms with Crippen LogP contribution in [-0.2, 0) is 0 Å². The Morgan fingerprint density at radius 1 is 1.15 bits per heavy atom. The topological polar surface area (TPSA) is 85.6 Å². The molecule has 0 aromatic carbocycles. The third-order valence-electron chi connectivity index (χ3n) is 2.55. The van der Waals surface area contributed by atoms with E-state index in [2.05, 4.69) is 25.4 Å². The van der Waals surface area contributed by atoms with E-state index in [1.807, 2.05) is 0 Å². The van der Waals surface area contributed by atoms with E-state index < -0.39 is 0 Å². The molecule has 0 bridgehead atoms. The number of hydrogen-bond donors (Lipinski definition) is 1. The molecule has 0 aliphatic rings. The van der Waals surface area contributed by atoms with Crippen molar-refractivity contribution in [2.45, 2.75) is 0 Å². The van der Waals surface area contributed by atoms with E-state index in [1.165, 1.54) is 18.6 Å². The van der Waals surface area contributed by atoms with Crippen molar-refractivity contribution in [2.24, 2.45) is 0 Å². The largest absolute Gasteiger partial charge is 0.304 e. The molecule has 0 unspecified atom stereocenters. The number of hydrogen-bond acceptors (Lipinski definition) is 5. The van der Waals surface area contributed by atoms with Gasteiger partial charge in [-0.15, -0.1) is 0 Å². The molecule has 3 rings (SSSR count). The maximum Gasteiger partial charge on any atom is 0.275 e. The average Bonchev–Trinajstić information content (AvgIpc) is 3.03. The predicted molar refractivity (Wildman–Crippen MR) is 71.3 cm³/mol. The van der Waals surface area contributed by atoms with Crippen molar-refractivity contribution >= 4 is 11.7 Å². The molecule has 0 saturated heterocycles. The number of amides is 1. The van der Waals surface area contributed by atoms with Crippen LogP contribution < -0.4 is 5.32 Å². The highest BCUT2D eigenvalue weighted by Crippen LogP contribution is 2.08. The van der Waals surface area contributed by atoms with E-state index in [-0.39, 0.29) is 11.6 Å². The maximum atomic E-state index is 12.1. The molecule has 3 aromatic heterocycles. The molecule has 0 saturated carbocycles. The van der Waals surface area contributed by atoms with Crippen molar-refractivity contribution < 1.29 is 4.79 Å². The Bertz CT molecular complexity index is 711. The standard InChI is InChI=1S/C13H10N6O/c20-13(18-12-9-14-5-6-16-12)11-8-10(2-4-15-11)19-7-1-3-17-19/h1-9H,(H,16,18,20). The van der Waals surface area contributed by atoms with Gasteiger partial charge in [-0.05, 0) is 18.2 Å². The Balaban J connectivity index is 1.84. The first-order valence-electron chi connectivity index (χ1n) is 5.86. The summed E-state index contributed by atoms with van der Waals surface area (Å²) in [6.07, 6.45) is 9.52. The van der Waals surface area contributed by atoms with Gasteiger partial charge in [-0.25, -0.2) is 9.67 Å². The second-order valence-corrected chi connectivity index (χ2v) is 3.89. The molecule has 20 heavy (non-hydrogen) atoms. The number of carbonyl (C=O) groups is 1. The first-order chi connectivity index (χ1) is 9.83. The third kappa shape index (κ3) is 2.51. The number of nitrogens with one attached hydrogen (secondary N) is 1. The van der Waals surface area contributed by atoms with Crippen LogP contribution in [0.4, 0.5) is 5.82 Å². The van der Waals surface area contributed by atoms with Crippen molar-refractivity contribution in [1.29, 1.82) is 0 Å². The number of pyridine rings is 1. The molecule has 7 nitrogen and oxygen atoms in total. The van der Waals surface area contributed by atoms with Gasteiger partial charge in [0.05, 0.1) is 11.9 Å². The molecule has 0 fully saturated rings. The molecular weight excluding hydrogens is 256 g/mol. The summed E-state index contributed by atoms with van der Waals surface area (Å²) in [4.78, 5) is 24.0. The predicted octanol–water partition coefficient (Wildman–Crippen LogP) is 1.31. The van der Waals surface area contributed by atoms with E-state index >= 15 is 0 Å². The number of aromatic nitrogens is 5. The van der Waals surface area contributed by atoms with Gasteiger partial charge in [-0.1, -0.05) is 0 Å². The molecule has 0 spiro atoms. The smallest absolute Gasteiger partial charge is 0.275 e. The lowest BCUT2D eigenvalue weighted by molar-refractivity contribution is 0.102. The van der Waals surface area contributed by atoms with Crippen LogP contribution in [0.5, 0.6) is 0 Å². The second-order valence-electron chi connectivity index (χ2n) is 3.89. The fraction of sp³-hybridized carbons (Fsp3) is 0.